The average molecular weight is 802 g/mol. The topological polar surface area (TPSA) is 147 Å². The summed E-state index contributed by atoms with van der Waals surface area (Å²) in [5.74, 6) is 0.977. The van der Waals surface area contributed by atoms with Crippen molar-refractivity contribution in [3.8, 4) is 11.5 Å². The van der Waals surface area contributed by atoms with E-state index in [9.17, 15) is 14.7 Å². The Labute approximate surface area is 335 Å². The number of carbonyl (C=O) groups is 2. The van der Waals surface area contributed by atoms with Crippen molar-refractivity contribution in [1.29, 1.82) is 0 Å². The van der Waals surface area contributed by atoms with Gasteiger partial charge < -0.3 is 40.2 Å². The fourth-order valence-corrected chi connectivity index (χ4v) is 6.91. The summed E-state index contributed by atoms with van der Waals surface area (Å²) in [6, 6.07) is 21.4. The summed E-state index contributed by atoms with van der Waals surface area (Å²) in [7, 11) is 3.24. The second-order valence-corrected chi connectivity index (χ2v) is 15.2. The maximum Gasteiger partial charge on any atom is 0.408 e. The summed E-state index contributed by atoms with van der Waals surface area (Å²) >= 11 is 12.7. The number of fused-ring (bicyclic) bond motifs is 4. The zero-order chi connectivity index (χ0) is 40.0. The average Bonchev–Trinajstić information content (AvgIpc) is 3.16. The predicted octanol–water partition coefficient (Wildman–Crippen LogP) is 8.43. The lowest BCUT2D eigenvalue weighted by Crippen LogP contribution is -2.52. The summed E-state index contributed by atoms with van der Waals surface area (Å²) in [5.41, 5.74) is 4.02. The molecule has 0 aliphatic carbocycles. The highest BCUT2D eigenvalue weighted by molar-refractivity contribution is 6.32. The Morgan fingerprint density at radius 2 is 1.20 bits per heavy atom. The number of hydrogen-bond donors (Lipinski definition) is 4. The number of pyridine rings is 2. The van der Waals surface area contributed by atoms with E-state index >= 15 is 0 Å². The molecule has 0 saturated heterocycles. The number of halogens is 2. The van der Waals surface area contributed by atoms with Crippen LogP contribution in [0.2, 0.25) is 10.0 Å². The molecule has 0 unspecified atom stereocenters. The number of aliphatic hydroxyl groups is 1. The van der Waals surface area contributed by atoms with Crippen LogP contribution in [0.3, 0.4) is 0 Å². The molecule has 2 heterocycles. The lowest BCUT2D eigenvalue weighted by Gasteiger charge is -2.28. The number of carbonyl (C=O) groups excluding carboxylic acids is 2. The van der Waals surface area contributed by atoms with Crippen molar-refractivity contribution in [3.63, 3.8) is 0 Å². The normalized spacial score (nSPS) is 12.1. The molecule has 0 spiro atoms. The summed E-state index contributed by atoms with van der Waals surface area (Å²) < 4.78 is 16.4. The van der Waals surface area contributed by atoms with Gasteiger partial charge in [0.15, 0.2) is 0 Å². The molecule has 4 N–H and O–H groups in total. The molecule has 12 nitrogen and oxygen atoms in total. The first kappa shape index (κ1) is 40.4. The van der Waals surface area contributed by atoms with E-state index in [0.29, 0.717) is 60.6 Å². The number of methoxy groups -OCH3 is 2. The molecule has 6 aromatic rings. The molecule has 2 amide bonds. The van der Waals surface area contributed by atoms with Crippen LogP contribution in [0.5, 0.6) is 11.5 Å². The molecule has 294 valence electrons. The monoisotopic (exact) mass is 800 g/mol. The molecular formula is C42H46Cl2N6O6. The molecule has 1 atom stereocenters. The van der Waals surface area contributed by atoms with E-state index in [1.807, 2.05) is 72.8 Å². The molecule has 0 aliphatic rings. The molecule has 6 rings (SSSR count). The minimum absolute atomic E-state index is 0.339. The third-order valence-electron chi connectivity index (χ3n) is 9.18. The Hall–Kier alpha value is -5.30. The number of nitrogens with one attached hydrogen (secondary N) is 3. The van der Waals surface area contributed by atoms with Crippen LogP contribution in [-0.2, 0) is 9.53 Å². The quantitative estimate of drug-likeness (QED) is 0.0590. The molecule has 0 bridgehead atoms. The lowest BCUT2D eigenvalue weighted by atomic mass is 10.1. The van der Waals surface area contributed by atoms with Gasteiger partial charge in [0.2, 0.25) is 5.91 Å². The number of benzene rings is 4. The maximum absolute atomic E-state index is 14.0. The van der Waals surface area contributed by atoms with E-state index in [2.05, 4.69) is 16.0 Å². The fourth-order valence-electron chi connectivity index (χ4n) is 6.58. The first-order valence-corrected chi connectivity index (χ1v) is 19.1. The Balaban J connectivity index is 1.21. The largest absolute Gasteiger partial charge is 0.497 e. The molecule has 0 fully saturated rings. The van der Waals surface area contributed by atoms with E-state index in [0.717, 1.165) is 55.0 Å². The number of rotatable bonds is 15. The first-order chi connectivity index (χ1) is 26.9. The fraction of sp³-hybridized carbons (Fsp3) is 0.333. The zero-order valence-electron chi connectivity index (χ0n) is 32.0. The van der Waals surface area contributed by atoms with Crippen LogP contribution < -0.4 is 25.4 Å². The third-order valence-corrected chi connectivity index (χ3v) is 9.65. The summed E-state index contributed by atoms with van der Waals surface area (Å²) in [6.45, 7) is 6.27. The van der Waals surface area contributed by atoms with E-state index in [1.54, 1.807) is 39.9 Å². The van der Waals surface area contributed by atoms with Crippen LogP contribution in [0.15, 0.2) is 72.8 Å². The molecule has 0 saturated carbocycles. The minimum Gasteiger partial charge on any atom is -0.497 e. The molecule has 0 aliphatic heterocycles. The number of ether oxygens (including phenoxy) is 3. The van der Waals surface area contributed by atoms with E-state index in [1.165, 1.54) is 0 Å². The van der Waals surface area contributed by atoms with Gasteiger partial charge in [0.05, 0.1) is 54.3 Å². The van der Waals surface area contributed by atoms with Crippen molar-refractivity contribution in [3.05, 3.63) is 82.8 Å². The first-order valence-electron chi connectivity index (χ1n) is 18.4. The van der Waals surface area contributed by atoms with Crippen LogP contribution >= 0.6 is 23.2 Å². The van der Waals surface area contributed by atoms with Crippen LogP contribution in [-0.4, -0.2) is 90.6 Å². The summed E-state index contributed by atoms with van der Waals surface area (Å²) in [6.07, 6.45) is 0.312. The molecule has 56 heavy (non-hydrogen) atoms. The SMILES string of the molecule is COc1ccc2nc3cc(Cl)ccc3c(NCCCN(CCCNc3c4ccc(Cl)cc4nc4ccc(OC)cc34)C(=O)[C@H](CO)NC(=O)OC(C)(C)C)c2c1. The van der Waals surface area contributed by atoms with Crippen molar-refractivity contribution in [1.82, 2.24) is 20.2 Å². The standard InChI is InChI=1S/C42H46Cl2N6O6/c1-42(2,3)56-41(53)49-37(24-51)40(52)50(18-6-16-45-38-29-12-8-25(43)20-35(29)47-33-14-10-27(54-4)22-31(33)38)19-7-17-46-39-30-13-9-26(44)21-36(30)48-34-15-11-28(55-5)23-32(34)39/h8-15,20-23,37,51H,6-7,16-19,24H2,1-5H3,(H,45,47)(H,46,48)(H,49,53)/t37-/m0/s1. The number of aliphatic hydroxyl groups excluding tert-OH is 1. The lowest BCUT2D eigenvalue weighted by molar-refractivity contribution is -0.134. The van der Waals surface area contributed by atoms with Crippen molar-refractivity contribution >= 4 is 90.2 Å². The molecule has 4 aromatic carbocycles. The van der Waals surface area contributed by atoms with Crippen molar-refractivity contribution < 1.29 is 28.9 Å². The summed E-state index contributed by atoms with van der Waals surface area (Å²) in [5, 5.41) is 24.7. The smallest absolute Gasteiger partial charge is 0.408 e. The van der Waals surface area contributed by atoms with Crippen LogP contribution in [0.25, 0.3) is 43.6 Å². The third kappa shape index (κ3) is 9.55. The van der Waals surface area contributed by atoms with Gasteiger partial charge in [-0.2, -0.15) is 0 Å². The van der Waals surface area contributed by atoms with E-state index in [-0.39, 0.29) is 0 Å². The van der Waals surface area contributed by atoms with Crippen molar-refractivity contribution in [2.45, 2.75) is 45.3 Å². The Morgan fingerprint density at radius 1 is 0.714 bits per heavy atom. The summed E-state index contributed by atoms with van der Waals surface area (Å²) in [4.78, 5) is 38.0. The van der Waals surface area contributed by atoms with Gasteiger partial charge in [-0.1, -0.05) is 23.2 Å². The number of nitrogens with zero attached hydrogens (tertiary/aromatic N) is 3. The van der Waals surface area contributed by atoms with Crippen LogP contribution in [0.4, 0.5) is 16.2 Å². The van der Waals surface area contributed by atoms with Gasteiger partial charge in [-0.3, -0.25) is 4.79 Å². The van der Waals surface area contributed by atoms with Crippen LogP contribution in [0, 0.1) is 0 Å². The van der Waals surface area contributed by atoms with Gasteiger partial charge >= 0.3 is 6.09 Å². The van der Waals surface area contributed by atoms with E-state index in [4.69, 9.17) is 47.4 Å². The van der Waals surface area contributed by atoms with Gasteiger partial charge in [-0.05, 0) is 106 Å². The highest BCUT2D eigenvalue weighted by atomic mass is 35.5. The van der Waals surface area contributed by atoms with Gasteiger partial charge in [-0.15, -0.1) is 0 Å². The van der Waals surface area contributed by atoms with Gasteiger partial charge in [0.1, 0.15) is 23.1 Å². The zero-order valence-corrected chi connectivity index (χ0v) is 33.6. The maximum atomic E-state index is 14.0. The van der Waals surface area contributed by atoms with Gasteiger partial charge in [0.25, 0.3) is 0 Å². The molecule has 14 heteroatoms. The highest BCUT2D eigenvalue weighted by Gasteiger charge is 2.27. The molecule has 0 radical (unpaired) electrons. The highest BCUT2D eigenvalue weighted by Crippen LogP contribution is 2.36. The van der Waals surface area contributed by atoms with Crippen molar-refractivity contribution in [2.24, 2.45) is 0 Å². The minimum atomic E-state index is -1.19. The van der Waals surface area contributed by atoms with E-state index < -0.39 is 30.3 Å². The number of hydrogen-bond acceptors (Lipinski definition) is 10. The molecule has 2 aromatic heterocycles. The predicted molar refractivity (Wildman–Crippen MR) is 225 cm³/mol. The van der Waals surface area contributed by atoms with Gasteiger partial charge in [0, 0.05) is 57.8 Å². The number of amides is 2. The van der Waals surface area contributed by atoms with Crippen LogP contribution in [0.1, 0.15) is 33.6 Å². The molecular weight excluding hydrogens is 755 g/mol. The number of aromatic nitrogens is 2. The Kier molecular flexibility index (Phi) is 12.7. The van der Waals surface area contributed by atoms with Crippen molar-refractivity contribution in [2.75, 3.05) is 57.6 Å². The Morgan fingerprint density at radius 3 is 1.62 bits per heavy atom. The number of alkyl carbamates (subject to hydrolysis) is 1. The Bertz CT molecular complexity index is 2250. The second kappa shape index (κ2) is 17.7. The second-order valence-electron chi connectivity index (χ2n) is 14.3. The van der Waals surface area contributed by atoms with Gasteiger partial charge in [-0.25, -0.2) is 14.8 Å². The number of anilines is 2.